The van der Waals surface area contributed by atoms with Crippen LogP contribution < -0.4 is 22.9 Å². The first-order valence-electron chi connectivity index (χ1n) is 7.11. The Morgan fingerprint density at radius 1 is 0.583 bits per heavy atom. The monoisotopic (exact) mass is 322 g/mol. The number of nitrogen functional groups attached to an aromatic ring is 2. The number of carbonyl (C=O) groups is 2. The molecular weight excluding hydrogens is 304 g/mol. The van der Waals surface area contributed by atoms with Crippen LogP contribution in [0.15, 0.2) is 60.7 Å². The quantitative estimate of drug-likeness (QED) is 0.535. The highest BCUT2D eigenvalue weighted by atomic mass is 16.1. The van der Waals surface area contributed by atoms with Gasteiger partial charge in [0, 0.05) is 22.5 Å². The second kappa shape index (κ2) is 7.15. The third kappa shape index (κ3) is 4.23. The number of primary amides is 2. The third-order valence-electron chi connectivity index (χ3n) is 3.34. The van der Waals surface area contributed by atoms with Crippen molar-refractivity contribution in [2.45, 2.75) is 0 Å². The van der Waals surface area contributed by atoms with Crippen LogP contribution in [0.25, 0.3) is 10.8 Å². The molecule has 2 amide bonds. The molecule has 0 aliphatic rings. The summed E-state index contributed by atoms with van der Waals surface area (Å²) in [4.78, 5) is 21.2. The fourth-order valence-electron chi connectivity index (χ4n) is 2.08. The zero-order chi connectivity index (χ0) is 17.7. The summed E-state index contributed by atoms with van der Waals surface area (Å²) in [6.07, 6.45) is 0. The molecule has 24 heavy (non-hydrogen) atoms. The van der Waals surface area contributed by atoms with Gasteiger partial charge in [-0.15, -0.1) is 0 Å². The van der Waals surface area contributed by atoms with E-state index in [-0.39, 0.29) is 0 Å². The van der Waals surface area contributed by atoms with Gasteiger partial charge in [-0.25, -0.2) is 0 Å². The van der Waals surface area contributed by atoms with E-state index in [0.717, 1.165) is 22.1 Å². The number of nitrogens with two attached hydrogens (primary N) is 4. The molecule has 0 unspecified atom stereocenters. The number of fused-ring (bicyclic) bond motifs is 1. The van der Waals surface area contributed by atoms with Crippen LogP contribution in [0.4, 0.5) is 11.4 Å². The fraction of sp³-hybridized carbons (Fsp3) is 0. The molecule has 8 N–H and O–H groups in total. The molecule has 0 aliphatic carbocycles. The van der Waals surface area contributed by atoms with Gasteiger partial charge >= 0.3 is 0 Å². The van der Waals surface area contributed by atoms with Crippen molar-refractivity contribution in [1.29, 1.82) is 0 Å². The van der Waals surface area contributed by atoms with Crippen LogP contribution in [0.1, 0.15) is 20.7 Å². The van der Waals surface area contributed by atoms with Gasteiger partial charge in [-0.3, -0.25) is 9.59 Å². The lowest BCUT2D eigenvalue weighted by molar-refractivity contribution is 0.0988. The van der Waals surface area contributed by atoms with E-state index in [4.69, 9.17) is 22.9 Å². The Morgan fingerprint density at radius 2 is 0.917 bits per heavy atom. The van der Waals surface area contributed by atoms with E-state index in [9.17, 15) is 9.59 Å². The van der Waals surface area contributed by atoms with Gasteiger partial charge in [0.15, 0.2) is 0 Å². The van der Waals surface area contributed by atoms with E-state index in [0.29, 0.717) is 11.1 Å². The minimum Gasteiger partial charge on any atom is -0.399 e. The molecule has 0 spiro atoms. The first kappa shape index (κ1) is 16.8. The molecule has 0 aromatic heterocycles. The number of rotatable bonds is 2. The predicted octanol–water partition coefficient (Wildman–Crippen LogP) is 1.89. The van der Waals surface area contributed by atoms with E-state index >= 15 is 0 Å². The molecule has 122 valence electrons. The highest BCUT2D eigenvalue weighted by Gasteiger charge is 2.02. The van der Waals surface area contributed by atoms with Gasteiger partial charge < -0.3 is 22.9 Å². The minimum absolute atomic E-state index is 0.361. The van der Waals surface area contributed by atoms with Crippen molar-refractivity contribution in [3.63, 3.8) is 0 Å². The maximum Gasteiger partial charge on any atom is 0.248 e. The largest absolute Gasteiger partial charge is 0.399 e. The van der Waals surface area contributed by atoms with Crippen molar-refractivity contribution in [2.75, 3.05) is 11.5 Å². The maximum absolute atomic E-state index is 10.6. The summed E-state index contributed by atoms with van der Waals surface area (Å²) in [5.74, 6) is -1.04. The lowest BCUT2D eigenvalue weighted by Crippen LogP contribution is -2.13. The summed E-state index contributed by atoms with van der Waals surface area (Å²) in [6, 6.07) is 17.4. The predicted molar refractivity (Wildman–Crippen MR) is 96.3 cm³/mol. The highest BCUT2D eigenvalue weighted by Crippen LogP contribution is 2.19. The van der Waals surface area contributed by atoms with Crippen molar-refractivity contribution in [2.24, 2.45) is 11.5 Å². The average molecular weight is 322 g/mol. The normalized spacial score (nSPS) is 9.83. The number of hydrogen-bond acceptors (Lipinski definition) is 4. The smallest absolute Gasteiger partial charge is 0.248 e. The summed E-state index contributed by atoms with van der Waals surface area (Å²) in [5.41, 5.74) is 23.5. The van der Waals surface area contributed by atoms with Gasteiger partial charge in [0.1, 0.15) is 0 Å². The lowest BCUT2D eigenvalue weighted by Gasteiger charge is -1.99. The molecule has 0 saturated carbocycles. The third-order valence-corrected chi connectivity index (χ3v) is 3.34. The molecule has 0 fully saturated rings. The fourth-order valence-corrected chi connectivity index (χ4v) is 2.08. The van der Waals surface area contributed by atoms with E-state index in [1.807, 2.05) is 36.4 Å². The first-order chi connectivity index (χ1) is 11.4. The molecule has 0 bridgehead atoms. The maximum atomic E-state index is 10.6. The van der Waals surface area contributed by atoms with E-state index in [1.54, 1.807) is 0 Å². The molecule has 3 aromatic rings. The molecule has 0 aliphatic heterocycles. The molecule has 3 aromatic carbocycles. The van der Waals surface area contributed by atoms with Gasteiger partial charge in [-0.05, 0) is 59.3 Å². The summed E-state index contributed by atoms with van der Waals surface area (Å²) in [7, 11) is 0. The lowest BCUT2D eigenvalue weighted by atomic mass is 10.1. The second-order valence-corrected chi connectivity index (χ2v) is 5.17. The van der Waals surface area contributed by atoms with Crippen LogP contribution in [0, 0.1) is 0 Å². The van der Waals surface area contributed by atoms with Gasteiger partial charge in [-0.2, -0.15) is 0 Å². The Hall–Kier alpha value is -3.54. The first-order valence-corrected chi connectivity index (χ1v) is 7.11. The van der Waals surface area contributed by atoms with E-state index < -0.39 is 11.8 Å². The van der Waals surface area contributed by atoms with Crippen LogP contribution in [0.3, 0.4) is 0 Å². The Bertz CT molecular complexity index is 815. The SMILES string of the molecule is NC(=O)c1ccc(C(N)=O)cc1.Nc1ccc2cc(N)ccc2c1. The molecule has 6 nitrogen and oxygen atoms in total. The molecule has 0 saturated heterocycles. The molecule has 0 atom stereocenters. The van der Waals surface area contributed by atoms with Crippen molar-refractivity contribution in [1.82, 2.24) is 0 Å². The number of carbonyl (C=O) groups excluding carboxylic acids is 2. The zero-order valence-corrected chi connectivity index (χ0v) is 12.9. The summed E-state index contributed by atoms with van der Waals surface area (Å²) in [6.45, 7) is 0. The van der Waals surface area contributed by atoms with Gasteiger partial charge in [-0.1, -0.05) is 12.1 Å². The van der Waals surface area contributed by atoms with Crippen molar-refractivity contribution < 1.29 is 9.59 Å². The Balaban J connectivity index is 0.000000174. The van der Waals surface area contributed by atoms with Crippen LogP contribution >= 0.6 is 0 Å². The average Bonchev–Trinajstić information content (AvgIpc) is 2.55. The Kier molecular flexibility index (Phi) is 5.01. The molecule has 3 rings (SSSR count). The van der Waals surface area contributed by atoms with Crippen LogP contribution in [-0.2, 0) is 0 Å². The minimum atomic E-state index is -0.522. The van der Waals surface area contributed by atoms with Gasteiger partial charge in [0.2, 0.25) is 11.8 Å². The van der Waals surface area contributed by atoms with E-state index in [2.05, 4.69) is 0 Å². The Labute approximate surface area is 139 Å². The molecular formula is C18H18N4O2. The zero-order valence-electron chi connectivity index (χ0n) is 12.9. The number of amides is 2. The van der Waals surface area contributed by atoms with Crippen LogP contribution in [-0.4, -0.2) is 11.8 Å². The number of anilines is 2. The molecule has 0 heterocycles. The highest BCUT2D eigenvalue weighted by molar-refractivity contribution is 5.96. The van der Waals surface area contributed by atoms with Crippen LogP contribution in [0.2, 0.25) is 0 Å². The van der Waals surface area contributed by atoms with Gasteiger partial charge in [0.25, 0.3) is 0 Å². The van der Waals surface area contributed by atoms with Gasteiger partial charge in [0.05, 0.1) is 0 Å². The Morgan fingerprint density at radius 3 is 1.21 bits per heavy atom. The molecule has 0 radical (unpaired) electrons. The summed E-state index contributed by atoms with van der Waals surface area (Å²) >= 11 is 0. The number of benzene rings is 3. The van der Waals surface area contributed by atoms with E-state index in [1.165, 1.54) is 24.3 Å². The number of hydrogen-bond donors (Lipinski definition) is 4. The van der Waals surface area contributed by atoms with Crippen LogP contribution in [0.5, 0.6) is 0 Å². The van der Waals surface area contributed by atoms with Crippen molar-refractivity contribution in [3.05, 3.63) is 71.8 Å². The standard InChI is InChI=1S/C10H10N2.C8H8N2O2/c11-9-3-1-7-5-10(12)4-2-8(7)6-9;9-7(11)5-1-2-6(4-3-5)8(10)12/h1-6H,11-12H2;1-4H,(H2,9,11)(H2,10,12). The topological polar surface area (TPSA) is 138 Å². The summed E-state index contributed by atoms with van der Waals surface area (Å²) in [5, 5.41) is 2.26. The summed E-state index contributed by atoms with van der Waals surface area (Å²) < 4.78 is 0. The van der Waals surface area contributed by atoms with Crippen molar-refractivity contribution >= 4 is 34.0 Å². The molecule has 6 heteroatoms. The van der Waals surface area contributed by atoms with Crippen molar-refractivity contribution in [3.8, 4) is 0 Å². The second-order valence-electron chi connectivity index (χ2n) is 5.17.